The van der Waals surface area contributed by atoms with Crippen LogP contribution in [0.2, 0.25) is 0 Å². The van der Waals surface area contributed by atoms with E-state index in [1.165, 1.54) is 49.4 Å². The number of amides is 1. The van der Waals surface area contributed by atoms with Crippen LogP contribution >= 0.6 is 0 Å². The number of anilines is 1. The summed E-state index contributed by atoms with van der Waals surface area (Å²) in [6, 6.07) is 10.1. The molecule has 0 saturated heterocycles. The van der Waals surface area contributed by atoms with E-state index in [4.69, 9.17) is 0 Å². The Hall–Kier alpha value is -3.50. The molecule has 0 fully saturated rings. The molecule has 0 aromatic heterocycles. The predicted octanol–water partition coefficient (Wildman–Crippen LogP) is 3.26. The lowest BCUT2D eigenvalue weighted by atomic mass is 10.1. The summed E-state index contributed by atoms with van der Waals surface area (Å²) >= 11 is 0. The number of nitrogens with zero attached hydrogens (tertiary/aromatic N) is 1. The highest BCUT2D eigenvalue weighted by Gasteiger charge is 2.19. The molecule has 0 unspecified atom stereocenters. The summed E-state index contributed by atoms with van der Waals surface area (Å²) < 4.78 is 32.5. The average molecular weight is 402 g/mol. The van der Waals surface area contributed by atoms with Gasteiger partial charge < -0.3 is 10.4 Å². The molecule has 10 heteroatoms. The Morgan fingerprint density at radius 1 is 1.07 bits per heavy atom. The standard InChI is InChI=1S/C18H14N2O7S/c1-10-8-11(2-6-16(10)20(23)24)18(22)19-15-5-7-17(28(25,26)27)13-4-3-12(21)9-14(13)15/h2-9,21H,1H3,(H,19,22)(H,25,26,27). The quantitative estimate of drug-likeness (QED) is 0.345. The monoisotopic (exact) mass is 402 g/mol. The van der Waals surface area contributed by atoms with Crippen LogP contribution in [0.25, 0.3) is 10.8 Å². The lowest BCUT2D eigenvalue weighted by molar-refractivity contribution is -0.385. The molecule has 0 radical (unpaired) electrons. The summed E-state index contributed by atoms with van der Waals surface area (Å²) in [5.41, 5.74) is 0.542. The van der Waals surface area contributed by atoms with Gasteiger partial charge in [-0.25, -0.2) is 0 Å². The SMILES string of the molecule is Cc1cc(C(=O)Nc2ccc(S(=O)(=O)O)c3ccc(O)cc23)ccc1[N+](=O)[O-]. The van der Waals surface area contributed by atoms with Gasteiger partial charge in [0.15, 0.2) is 0 Å². The molecule has 9 nitrogen and oxygen atoms in total. The second-order valence-corrected chi connectivity index (χ2v) is 7.42. The minimum atomic E-state index is -4.52. The maximum absolute atomic E-state index is 12.5. The van der Waals surface area contributed by atoms with Gasteiger partial charge in [-0.1, -0.05) is 0 Å². The highest BCUT2D eigenvalue weighted by atomic mass is 32.2. The van der Waals surface area contributed by atoms with Crippen molar-refractivity contribution in [3.63, 3.8) is 0 Å². The van der Waals surface area contributed by atoms with Gasteiger partial charge in [0.2, 0.25) is 0 Å². The van der Waals surface area contributed by atoms with Crippen LogP contribution in [-0.4, -0.2) is 28.9 Å². The number of rotatable bonds is 4. The number of aryl methyl sites for hydroxylation is 1. The van der Waals surface area contributed by atoms with E-state index in [-0.39, 0.29) is 38.4 Å². The van der Waals surface area contributed by atoms with Gasteiger partial charge in [0, 0.05) is 33.7 Å². The van der Waals surface area contributed by atoms with Gasteiger partial charge in [-0.05, 0) is 49.4 Å². The number of carbonyl (C=O) groups is 1. The molecule has 0 saturated carbocycles. The van der Waals surface area contributed by atoms with Crippen molar-refractivity contribution in [2.75, 3.05) is 5.32 Å². The van der Waals surface area contributed by atoms with Gasteiger partial charge in [0.25, 0.3) is 21.7 Å². The molecule has 0 bridgehead atoms. The maximum atomic E-state index is 12.5. The number of nitro groups is 1. The van der Waals surface area contributed by atoms with Crippen LogP contribution in [0.15, 0.2) is 53.4 Å². The van der Waals surface area contributed by atoms with Crippen molar-refractivity contribution in [1.29, 1.82) is 0 Å². The summed E-state index contributed by atoms with van der Waals surface area (Å²) in [5, 5.41) is 23.5. The minimum Gasteiger partial charge on any atom is -0.508 e. The minimum absolute atomic E-state index is 0.109. The van der Waals surface area contributed by atoms with Crippen molar-refractivity contribution >= 4 is 38.2 Å². The molecule has 0 heterocycles. The molecule has 0 atom stereocenters. The van der Waals surface area contributed by atoms with E-state index in [9.17, 15) is 33.0 Å². The highest BCUT2D eigenvalue weighted by Crippen LogP contribution is 2.32. The summed E-state index contributed by atoms with van der Waals surface area (Å²) in [4.78, 5) is 22.5. The molecule has 0 aliphatic heterocycles. The van der Waals surface area contributed by atoms with E-state index in [0.29, 0.717) is 5.56 Å². The van der Waals surface area contributed by atoms with Crippen molar-refractivity contribution in [2.24, 2.45) is 0 Å². The zero-order valence-electron chi connectivity index (χ0n) is 14.4. The third-order valence-electron chi connectivity index (χ3n) is 4.14. The molecule has 0 spiro atoms. The van der Waals surface area contributed by atoms with Gasteiger partial charge in [-0.2, -0.15) is 8.42 Å². The average Bonchev–Trinajstić information content (AvgIpc) is 2.60. The second-order valence-electron chi connectivity index (χ2n) is 6.03. The Kier molecular flexibility index (Phi) is 4.75. The summed E-state index contributed by atoms with van der Waals surface area (Å²) in [7, 11) is -4.52. The van der Waals surface area contributed by atoms with Crippen LogP contribution < -0.4 is 5.32 Å². The Labute approximate surface area is 159 Å². The molecule has 3 aromatic rings. The maximum Gasteiger partial charge on any atom is 0.295 e. The summed E-state index contributed by atoms with van der Waals surface area (Å²) in [6.07, 6.45) is 0. The van der Waals surface area contributed by atoms with E-state index >= 15 is 0 Å². The zero-order chi connectivity index (χ0) is 20.6. The first-order valence-electron chi connectivity index (χ1n) is 7.87. The van der Waals surface area contributed by atoms with Crippen LogP contribution in [0.5, 0.6) is 5.75 Å². The number of carbonyl (C=O) groups excluding carboxylic acids is 1. The number of phenolic OH excluding ortho intramolecular Hbond substituents is 1. The number of nitro benzene ring substituents is 1. The molecule has 144 valence electrons. The normalized spacial score (nSPS) is 11.4. The van der Waals surface area contributed by atoms with Crippen LogP contribution in [0.1, 0.15) is 15.9 Å². The second kappa shape index (κ2) is 6.91. The van der Waals surface area contributed by atoms with E-state index < -0.39 is 20.9 Å². The number of phenols is 1. The highest BCUT2D eigenvalue weighted by molar-refractivity contribution is 7.86. The first-order valence-corrected chi connectivity index (χ1v) is 9.31. The molecule has 3 N–H and O–H groups in total. The molecule has 3 rings (SSSR count). The zero-order valence-corrected chi connectivity index (χ0v) is 15.2. The Morgan fingerprint density at radius 3 is 2.39 bits per heavy atom. The van der Waals surface area contributed by atoms with Crippen LogP contribution in [0.3, 0.4) is 0 Å². The lowest BCUT2D eigenvalue weighted by Gasteiger charge is -2.12. The summed E-state index contributed by atoms with van der Waals surface area (Å²) in [5.74, 6) is -0.746. The number of nitrogens with one attached hydrogen (secondary N) is 1. The van der Waals surface area contributed by atoms with Crippen LogP contribution in [-0.2, 0) is 10.1 Å². The van der Waals surface area contributed by atoms with Crippen molar-refractivity contribution in [3.8, 4) is 5.75 Å². The fraction of sp³-hybridized carbons (Fsp3) is 0.0556. The predicted molar refractivity (Wildman–Crippen MR) is 101 cm³/mol. The fourth-order valence-electron chi connectivity index (χ4n) is 2.84. The van der Waals surface area contributed by atoms with Gasteiger partial charge in [-0.15, -0.1) is 0 Å². The third kappa shape index (κ3) is 3.63. The van der Waals surface area contributed by atoms with Gasteiger partial charge >= 0.3 is 0 Å². The number of benzene rings is 3. The van der Waals surface area contributed by atoms with Crippen molar-refractivity contribution < 1.29 is 27.8 Å². The van der Waals surface area contributed by atoms with Gasteiger partial charge in [0.1, 0.15) is 10.6 Å². The van der Waals surface area contributed by atoms with E-state index in [0.717, 1.165) is 6.07 Å². The van der Waals surface area contributed by atoms with Crippen molar-refractivity contribution in [1.82, 2.24) is 0 Å². The first-order chi connectivity index (χ1) is 13.1. The molecule has 28 heavy (non-hydrogen) atoms. The van der Waals surface area contributed by atoms with Crippen LogP contribution in [0, 0.1) is 17.0 Å². The van der Waals surface area contributed by atoms with Crippen molar-refractivity contribution in [2.45, 2.75) is 11.8 Å². The number of hydrogen-bond acceptors (Lipinski definition) is 6. The van der Waals surface area contributed by atoms with E-state index in [1.807, 2.05) is 0 Å². The largest absolute Gasteiger partial charge is 0.508 e. The third-order valence-corrected chi connectivity index (χ3v) is 5.05. The topological polar surface area (TPSA) is 147 Å². The van der Waals surface area contributed by atoms with Crippen molar-refractivity contribution in [3.05, 3.63) is 69.8 Å². The van der Waals surface area contributed by atoms with Crippen LogP contribution in [0.4, 0.5) is 11.4 Å². The molecule has 0 aliphatic carbocycles. The smallest absolute Gasteiger partial charge is 0.295 e. The Balaban J connectivity index is 2.05. The first kappa shape index (κ1) is 19.3. The number of aromatic hydroxyl groups is 1. The van der Waals surface area contributed by atoms with Gasteiger partial charge in [0.05, 0.1) is 4.92 Å². The van der Waals surface area contributed by atoms with E-state index in [1.54, 1.807) is 0 Å². The lowest BCUT2D eigenvalue weighted by Crippen LogP contribution is -2.13. The molecule has 1 amide bonds. The Bertz CT molecular complexity index is 1240. The van der Waals surface area contributed by atoms with E-state index in [2.05, 4.69) is 5.32 Å². The molecular weight excluding hydrogens is 388 g/mol. The van der Waals surface area contributed by atoms with Gasteiger partial charge in [-0.3, -0.25) is 19.5 Å². The molecular formula is C18H14N2O7S. The number of hydrogen-bond donors (Lipinski definition) is 3. The summed E-state index contributed by atoms with van der Waals surface area (Å²) in [6.45, 7) is 1.50. The number of fused-ring (bicyclic) bond motifs is 1. The fourth-order valence-corrected chi connectivity index (χ4v) is 3.53. The Morgan fingerprint density at radius 2 is 1.79 bits per heavy atom. The molecule has 0 aliphatic rings. The molecule has 3 aromatic carbocycles.